The molecule has 0 aliphatic rings. The van der Waals surface area contributed by atoms with Crippen molar-refractivity contribution in [3.05, 3.63) is 29.8 Å². The van der Waals surface area contributed by atoms with Gasteiger partial charge >= 0.3 is 0 Å². The summed E-state index contributed by atoms with van der Waals surface area (Å²) < 4.78 is 26.0. The van der Waals surface area contributed by atoms with Crippen LogP contribution in [0.4, 0.5) is 14.5 Å². The van der Waals surface area contributed by atoms with E-state index in [1.54, 1.807) is 13.8 Å². The van der Waals surface area contributed by atoms with Crippen LogP contribution in [-0.4, -0.2) is 29.8 Å². The molecule has 0 spiro atoms. The van der Waals surface area contributed by atoms with E-state index in [0.29, 0.717) is 19.2 Å². The number of carbonyl (C=O) groups is 2. The van der Waals surface area contributed by atoms with Gasteiger partial charge in [0.1, 0.15) is 18.1 Å². The Kier molecular flexibility index (Phi) is 5.41. The molecule has 0 fully saturated rings. The maximum Gasteiger partial charge on any atom is 0.233 e. The van der Waals surface area contributed by atoms with Gasteiger partial charge in [-0.1, -0.05) is 0 Å². The van der Waals surface area contributed by atoms with Crippen molar-refractivity contribution in [2.45, 2.75) is 20.3 Å². The first-order chi connectivity index (χ1) is 8.97. The molecule has 0 saturated heterocycles. The Morgan fingerprint density at radius 3 is 2.37 bits per heavy atom. The minimum atomic E-state index is -0.872. The summed E-state index contributed by atoms with van der Waals surface area (Å²) in [5.74, 6) is -2.55. The topological polar surface area (TPSA) is 49.4 Å². The normalized spacial score (nSPS) is 10.1. The number of nitrogens with one attached hydrogen (secondary N) is 1. The molecule has 0 atom stereocenters. The molecule has 2 amide bonds. The van der Waals surface area contributed by atoms with Crippen molar-refractivity contribution in [3.63, 3.8) is 0 Å². The van der Waals surface area contributed by atoms with Gasteiger partial charge in [-0.3, -0.25) is 9.59 Å². The maximum atomic E-state index is 13.3. The first-order valence-corrected chi connectivity index (χ1v) is 6.00. The molecule has 1 N–H and O–H groups in total. The molecule has 0 aliphatic heterocycles. The van der Waals surface area contributed by atoms with Gasteiger partial charge in [-0.2, -0.15) is 0 Å². The fourth-order valence-electron chi connectivity index (χ4n) is 1.61. The van der Waals surface area contributed by atoms with Gasteiger partial charge in [0.25, 0.3) is 0 Å². The van der Waals surface area contributed by atoms with E-state index in [1.807, 2.05) is 0 Å². The summed E-state index contributed by atoms with van der Waals surface area (Å²) in [7, 11) is 0. The van der Waals surface area contributed by atoms with E-state index in [-0.39, 0.29) is 18.0 Å². The van der Waals surface area contributed by atoms with Crippen molar-refractivity contribution in [1.82, 2.24) is 4.90 Å². The highest BCUT2D eigenvalue weighted by molar-refractivity contribution is 6.03. The van der Waals surface area contributed by atoms with E-state index < -0.39 is 17.5 Å². The zero-order chi connectivity index (χ0) is 14.4. The third-order valence-corrected chi connectivity index (χ3v) is 2.63. The quantitative estimate of drug-likeness (QED) is 0.833. The number of amides is 2. The second kappa shape index (κ2) is 6.82. The Bertz CT molecular complexity index is 474. The third-order valence-electron chi connectivity index (χ3n) is 2.63. The molecule has 0 aliphatic carbocycles. The lowest BCUT2D eigenvalue weighted by Gasteiger charge is -2.18. The van der Waals surface area contributed by atoms with Crippen LogP contribution < -0.4 is 5.32 Å². The average Bonchev–Trinajstić information content (AvgIpc) is 2.34. The highest BCUT2D eigenvalue weighted by atomic mass is 19.1. The van der Waals surface area contributed by atoms with Gasteiger partial charge in [0.2, 0.25) is 11.8 Å². The molecule has 19 heavy (non-hydrogen) atoms. The third kappa shape index (κ3) is 4.31. The predicted molar refractivity (Wildman–Crippen MR) is 67.5 cm³/mol. The van der Waals surface area contributed by atoms with E-state index >= 15 is 0 Å². The lowest BCUT2D eigenvalue weighted by atomic mass is 10.2. The Balaban J connectivity index is 2.63. The smallest absolute Gasteiger partial charge is 0.233 e. The van der Waals surface area contributed by atoms with E-state index in [0.717, 1.165) is 12.1 Å². The largest absolute Gasteiger partial charge is 0.343 e. The Morgan fingerprint density at radius 1 is 1.21 bits per heavy atom. The number of hydrogen-bond donors (Lipinski definition) is 1. The summed E-state index contributed by atoms with van der Waals surface area (Å²) in [5, 5.41) is 2.24. The Hall–Kier alpha value is -1.98. The molecule has 0 saturated carbocycles. The first-order valence-electron chi connectivity index (χ1n) is 6.00. The van der Waals surface area contributed by atoms with Gasteiger partial charge in [-0.15, -0.1) is 0 Å². The standard InChI is InChI=1S/C13H16F2N2O2/c1-3-17(4-2)13(19)8-12(18)16-11-6-5-9(14)7-10(11)15/h5-7H,3-4,8H2,1-2H3,(H,16,18). The molecular formula is C13H16F2N2O2. The minimum Gasteiger partial charge on any atom is -0.343 e. The van der Waals surface area contributed by atoms with Crippen molar-refractivity contribution in [1.29, 1.82) is 0 Å². The summed E-state index contributed by atoms with van der Waals surface area (Å²) in [5.41, 5.74) is -0.140. The monoisotopic (exact) mass is 270 g/mol. The van der Waals surface area contributed by atoms with E-state index in [1.165, 1.54) is 4.90 Å². The highest BCUT2D eigenvalue weighted by Crippen LogP contribution is 2.15. The first kappa shape index (κ1) is 15.1. The lowest BCUT2D eigenvalue weighted by Crippen LogP contribution is -2.33. The molecule has 1 aromatic rings. The van der Waals surface area contributed by atoms with Gasteiger partial charge in [0.15, 0.2) is 0 Å². The molecule has 0 bridgehead atoms. The molecule has 0 unspecified atom stereocenters. The van der Waals surface area contributed by atoms with Gasteiger partial charge in [0.05, 0.1) is 5.69 Å². The van der Waals surface area contributed by atoms with Crippen LogP contribution in [0.15, 0.2) is 18.2 Å². The molecule has 1 aromatic carbocycles. The average molecular weight is 270 g/mol. The summed E-state index contributed by atoms with van der Waals surface area (Å²) >= 11 is 0. The highest BCUT2D eigenvalue weighted by Gasteiger charge is 2.15. The maximum absolute atomic E-state index is 13.3. The summed E-state index contributed by atoms with van der Waals surface area (Å²) in [6.45, 7) is 4.62. The van der Waals surface area contributed by atoms with Gasteiger partial charge in [-0.25, -0.2) is 8.78 Å². The van der Waals surface area contributed by atoms with E-state index in [2.05, 4.69) is 5.32 Å². The van der Waals surface area contributed by atoms with Crippen LogP contribution in [0.2, 0.25) is 0 Å². The zero-order valence-electron chi connectivity index (χ0n) is 10.9. The number of halogens is 2. The predicted octanol–water partition coefficient (Wildman–Crippen LogP) is 2.16. The second-order valence-corrected chi connectivity index (χ2v) is 3.92. The van der Waals surface area contributed by atoms with Gasteiger partial charge in [-0.05, 0) is 26.0 Å². The molecule has 0 aromatic heterocycles. The molecule has 104 valence electrons. The fraction of sp³-hybridized carbons (Fsp3) is 0.385. The SMILES string of the molecule is CCN(CC)C(=O)CC(=O)Nc1ccc(F)cc1F. The number of rotatable bonds is 5. The number of hydrogen-bond acceptors (Lipinski definition) is 2. The van der Waals surface area contributed by atoms with Crippen molar-refractivity contribution < 1.29 is 18.4 Å². The van der Waals surface area contributed by atoms with Crippen molar-refractivity contribution >= 4 is 17.5 Å². The van der Waals surface area contributed by atoms with Crippen LogP contribution in [0.1, 0.15) is 20.3 Å². The summed E-state index contributed by atoms with van der Waals surface area (Å²) in [4.78, 5) is 24.7. The van der Waals surface area contributed by atoms with Crippen LogP contribution in [0.5, 0.6) is 0 Å². The van der Waals surface area contributed by atoms with Crippen LogP contribution in [-0.2, 0) is 9.59 Å². The summed E-state index contributed by atoms with van der Waals surface area (Å²) in [6, 6.07) is 2.82. The van der Waals surface area contributed by atoms with Crippen LogP contribution in [0.25, 0.3) is 0 Å². The van der Waals surface area contributed by atoms with Crippen LogP contribution in [0, 0.1) is 11.6 Å². The van der Waals surface area contributed by atoms with Crippen molar-refractivity contribution in [2.75, 3.05) is 18.4 Å². The summed E-state index contributed by atoms with van der Waals surface area (Å²) in [6.07, 6.45) is -0.363. The Labute approximate surface area is 110 Å². The van der Waals surface area contributed by atoms with E-state index in [9.17, 15) is 18.4 Å². The van der Waals surface area contributed by atoms with E-state index in [4.69, 9.17) is 0 Å². The number of carbonyl (C=O) groups excluding carboxylic acids is 2. The molecular weight excluding hydrogens is 254 g/mol. The molecule has 0 radical (unpaired) electrons. The number of benzene rings is 1. The fourth-order valence-corrected chi connectivity index (χ4v) is 1.61. The molecule has 0 heterocycles. The van der Waals surface area contributed by atoms with Crippen LogP contribution >= 0.6 is 0 Å². The minimum absolute atomic E-state index is 0.140. The van der Waals surface area contributed by atoms with Crippen LogP contribution in [0.3, 0.4) is 0 Å². The molecule has 6 heteroatoms. The zero-order valence-corrected chi connectivity index (χ0v) is 10.9. The second-order valence-electron chi connectivity index (χ2n) is 3.92. The number of anilines is 1. The Morgan fingerprint density at radius 2 is 1.84 bits per heavy atom. The van der Waals surface area contributed by atoms with Gasteiger partial charge < -0.3 is 10.2 Å². The number of nitrogens with zero attached hydrogens (tertiary/aromatic N) is 1. The van der Waals surface area contributed by atoms with Gasteiger partial charge in [0, 0.05) is 19.2 Å². The van der Waals surface area contributed by atoms with Crippen molar-refractivity contribution in [2.24, 2.45) is 0 Å². The molecule has 1 rings (SSSR count). The lowest BCUT2D eigenvalue weighted by molar-refractivity contribution is -0.134. The van der Waals surface area contributed by atoms with Crippen molar-refractivity contribution in [3.8, 4) is 0 Å². The molecule has 4 nitrogen and oxygen atoms in total.